The van der Waals surface area contributed by atoms with Gasteiger partial charge in [-0.3, -0.25) is 4.79 Å². The van der Waals surface area contributed by atoms with Gasteiger partial charge in [0.25, 0.3) is 0 Å². The first-order valence-corrected chi connectivity index (χ1v) is 12.1. The zero-order valence-electron chi connectivity index (χ0n) is 18.9. The molecule has 2 aromatic heterocycles. The Bertz CT molecular complexity index is 1330. The van der Waals surface area contributed by atoms with E-state index in [0.29, 0.717) is 5.82 Å². The number of carbonyl (C=O) groups is 1. The smallest absolute Gasteiger partial charge is 0.307 e. The third-order valence-electron chi connectivity index (χ3n) is 5.32. The minimum atomic E-state index is -0.844. The highest BCUT2D eigenvalue weighted by Crippen LogP contribution is 2.30. The Morgan fingerprint density at radius 1 is 1.06 bits per heavy atom. The van der Waals surface area contributed by atoms with E-state index in [1.54, 1.807) is 11.3 Å². The predicted octanol–water partition coefficient (Wildman–Crippen LogP) is 7.27. The van der Waals surface area contributed by atoms with Crippen molar-refractivity contribution in [2.24, 2.45) is 0 Å². The van der Waals surface area contributed by atoms with Gasteiger partial charge in [-0.05, 0) is 65.7 Å². The van der Waals surface area contributed by atoms with Crippen molar-refractivity contribution in [3.63, 3.8) is 0 Å². The molecule has 0 aliphatic rings. The lowest BCUT2D eigenvalue weighted by atomic mass is 10.1. The van der Waals surface area contributed by atoms with E-state index < -0.39 is 5.97 Å². The molecule has 2 heterocycles. The van der Waals surface area contributed by atoms with Crippen LogP contribution in [0.2, 0.25) is 5.02 Å². The fourth-order valence-corrected chi connectivity index (χ4v) is 4.51. The number of hydrogen-bond acceptors (Lipinski definition) is 5. The van der Waals surface area contributed by atoms with E-state index in [9.17, 15) is 4.79 Å². The molecule has 2 aromatic carbocycles. The third-order valence-corrected chi connectivity index (χ3v) is 6.51. The summed E-state index contributed by atoms with van der Waals surface area (Å²) in [6.45, 7) is 4.08. The standard InChI is InChI=1S/C27H24ClN3O2S/c1-3-23-17(2)29-27(31-26(23)30-22-12-8-19(9-13-22)15-25(32)33)24-14-20(16-34-24)5-4-18-6-10-21(28)11-7-18/h4-14,16H,3,15H2,1-2H3,(H,32,33)(H,29,30,31)/b5-4+. The van der Waals surface area contributed by atoms with Crippen molar-refractivity contribution in [3.8, 4) is 10.7 Å². The molecule has 0 spiro atoms. The summed E-state index contributed by atoms with van der Waals surface area (Å²) in [5, 5.41) is 15.2. The van der Waals surface area contributed by atoms with Gasteiger partial charge in [-0.15, -0.1) is 11.3 Å². The quantitative estimate of drug-likeness (QED) is 0.272. The van der Waals surface area contributed by atoms with Gasteiger partial charge in [-0.1, -0.05) is 54.9 Å². The second-order valence-corrected chi connectivity index (χ2v) is 9.18. The average Bonchev–Trinajstić information content (AvgIpc) is 3.29. The molecule has 2 N–H and O–H groups in total. The van der Waals surface area contributed by atoms with Gasteiger partial charge in [0, 0.05) is 22.0 Å². The van der Waals surface area contributed by atoms with Gasteiger partial charge in [0.2, 0.25) is 0 Å². The molecule has 0 saturated heterocycles. The molecule has 0 unspecified atom stereocenters. The number of thiophene rings is 1. The summed E-state index contributed by atoms with van der Waals surface area (Å²) in [7, 11) is 0. The molecule has 0 atom stereocenters. The molecule has 4 rings (SSSR count). The number of aryl methyl sites for hydroxylation is 1. The lowest BCUT2D eigenvalue weighted by Crippen LogP contribution is -2.05. The van der Waals surface area contributed by atoms with Crippen LogP contribution in [0.1, 0.15) is 34.9 Å². The largest absolute Gasteiger partial charge is 0.481 e. The van der Waals surface area contributed by atoms with Crippen LogP contribution in [0.5, 0.6) is 0 Å². The number of benzene rings is 2. The average molecular weight is 490 g/mol. The van der Waals surface area contributed by atoms with Crippen molar-refractivity contribution in [3.05, 3.63) is 92.9 Å². The van der Waals surface area contributed by atoms with Gasteiger partial charge in [0.15, 0.2) is 5.82 Å². The molecule has 0 amide bonds. The Morgan fingerprint density at radius 3 is 2.44 bits per heavy atom. The van der Waals surface area contributed by atoms with E-state index >= 15 is 0 Å². The van der Waals surface area contributed by atoms with E-state index in [0.717, 1.165) is 55.8 Å². The maximum Gasteiger partial charge on any atom is 0.307 e. The molecule has 5 nitrogen and oxygen atoms in total. The maximum atomic E-state index is 10.9. The second-order valence-electron chi connectivity index (χ2n) is 7.83. The minimum Gasteiger partial charge on any atom is -0.481 e. The van der Waals surface area contributed by atoms with Gasteiger partial charge in [-0.2, -0.15) is 0 Å². The van der Waals surface area contributed by atoms with Crippen molar-refractivity contribution in [1.82, 2.24) is 9.97 Å². The lowest BCUT2D eigenvalue weighted by Gasteiger charge is -2.14. The molecule has 0 aliphatic carbocycles. The van der Waals surface area contributed by atoms with Crippen LogP contribution in [0.4, 0.5) is 11.5 Å². The fraction of sp³-hybridized carbons (Fsp3) is 0.148. The molecule has 172 valence electrons. The van der Waals surface area contributed by atoms with Gasteiger partial charge in [0.1, 0.15) is 5.82 Å². The van der Waals surface area contributed by atoms with Gasteiger partial charge < -0.3 is 10.4 Å². The van der Waals surface area contributed by atoms with E-state index in [1.807, 2.05) is 55.5 Å². The number of hydrogen-bond donors (Lipinski definition) is 2. The van der Waals surface area contributed by atoms with Crippen molar-refractivity contribution in [2.75, 3.05) is 5.32 Å². The monoisotopic (exact) mass is 489 g/mol. The Hall–Kier alpha value is -3.48. The number of nitrogens with one attached hydrogen (secondary N) is 1. The van der Waals surface area contributed by atoms with E-state index in [4.69, 9.17) is 26.7 Å². The number of anilines is 2. The molecular formula is C27H24ClN3O2S. The van der Waals surface area contributed by atoms with Crippen LogP contribution in [0, 0.1) is 6.92 Å². The van der Waals surface area contributed by atoms with Crippen LogP contribution in [-0.2, 0) is 17.6 Å². The number of aromatic nitrogens is 2. The van der Waals surface area contributed by atoms with Crippen molar-refractivity contribution >= 4 is 52.6 Å². The molecule has 0 bridgehead atoms. The first kappa shape index (κ1) is 23.7. The van der Waals surface area contributed by atoms with Crippen LogP contribution >= 0.6 is 22.9 Å². The zero-order chi connectivity index (χ0) is 24.1. The fourth-order valence-electron chi connectivity index (χ4n) is 3.57. The summed E-state index contributed by atoms with van der Waals surface area (Å²) in [5.74, 6) is 0.599. The predicted molar refractivity (Wildman–Crippen MR) is 141 cm³/mol. The van der Waals surface area contributed by atoms with Gasteiger partial charge in [-0.25, -0.2) is 9.97 Å². The van der Waals surface area contributed by atoms with Crippen molar-refractivity contribution < 1.29 is 9.90 Å². The highest BCUT2D eigenvalue weighted by atomic mass is 35.5. The third kappa shape index (κ3) is 5.90. The van der Waals surface area contributed by atoms with Crippen molar-refractivity contribution in [2.45, 2.75) is 26.7 Å². The summed E-state index contributed by atoms with van der Waals surface area (Å²) in [6, 6.07) is 17.2. The summed E-state index contributed by atoms with van der Waals surface area (Å²) in [5.41, 5.74) is 5.76. The number of rotatable bonds is 8. The number of halogens is 1. The highest BCUT2D eigenvalue weighted by Gasteiger charge is 2.13. The first-order chi connectivity index (χ1) is 16.4. The van der Waals surface area contributed by atoms with Gasteiger partial charge >= 0.3 is 5.97 Å². The van der Waals surface area contributed by atoms with E-state index in [-0.39, 0.29) is 6.42 Å². The molecule has 0 saturated carbocycles. The van der Waals surface area contributed by atoms with Crippen LogP contribution in [0.15, 0.2) is 60.0 Å². The van der Waals surface area contributed by atoms with Crippen LogP contribution in [0.25, 0.3) is 22.9 Å². The SMILES string of the molecule is CCc1c(C)nc(-c2cc(/C=C/c3ccc(Cl)cc3)cs2)nc1Nc1ccc(CC(=O)O)cc1. The van der Waals surface area contributed by atoms with Crippen LogP contribution in [-0.4, -0.2) is 21.0 Å². The van der Waals surface area contributed by atoms with E-state index in [2.05, 4.69) is 35.8 Å². The highest BCUT2D eigenvalue weighted by molar-refractivity contribution is 7.13. The molecule has 0 aliphatic heterocycles. The summed E-state index contributed by atoms with van der Waals surface area (Å²) < 4.78 is 0. The van der Waals surface area contributed by atoms with E-state index in [1.165, 1.54) is 0 Å². The Balaban J connectivity index is 1.57. The molecule has 4 aromatic rings. The summed E-state index contributed by atoms with van der Waals surface area (Å²) >= 11 is 7.56. The lowest BCUT2D eigenvalue weighted by molar-refractivity contribution is -0.136. The minimum absolute atomic E-state index is 0.00439. The Morgan fingerprint density at radius 2 is 1.76 bits per heavy atom. The van der Waals surface area contributed by atoms with Crippen LogP contribution in [0.3, 0.4) is 0 Å². The maximum absolute atomic E-state index is 10.9. The second kappa shape index (κ2) is 10.6. The number of nitrogens with zero attached hydrogens (tertiary/aromatic N) is 2. The molecule has 34 heavy (non-hydrogen) atoms. The van der Waals surface area contributed by atoms with Crippen molar-refractivity contribution in [1.29, 1.82) is 0 Å². The molecule has 0 fully saturated rings. The molecule has 7 heteroatoms. The summed E-state index contributed by atoms with van der Waals surface area (Å²) in [6.07, 6.45) is 4.92. The first-order valence-electron chi connectivity index (χ1n) is 10.9. The zero-order valence-corrected chi connectivity index (χ0v) is 20.5. The topological polar surface area (TPSA) is 75.1 Å². The Labute approximate surface area is 207 Å². The molecule has 0 radical (unpaired) electrons. The summed E-state index contributed by atoms with van der Waals surface area (Å²) in [4.78, 5) is 21.5. The van der Waals surface area contributed by atoms with Gasteiger partial charge in [0.05, 0.1) is 11.3 Å². The van der Waals surface area contributed by atoms with Crippen LogP contribution < -0.4 is 5.32 Å². The number of carboxylic acids is 1. The molecular weight excluding hydrogens is 466 g/mol. The Kier molecular flexibility index (Phi) is 7.40. The normalized spacial score (nSPS) is 11.1. The number of carboxylic acid groups (broad SMARTS) is 1. The number of aliphatic carboxylic acids is 1.